The minimum atomic E-state index is -0.480. The molecule has 3 rings (SSSR count). The number of amides is 1. The minimum absolute atomic E-state index is 0.0238. The maximum Gasteiger partial charge on any atom is 0.266 e. The topological polar surface area (TPSA) is 71.3 Å². The van der Waals surface area contributed by atoms with Crippen LogP contribution in [-0.2, 0) is 11.4 Å². The number of halogens is 1. The van der Waals surface area contributed by atoms with Gasteiger partial charge in [-0.1, -0.05) is 51.8 Å². The second kappa shape index (κ2) is 10.8. The predicted molar refractivity (Wildman–Crippen MR) is 134 cm³/mol. The maximum absolute atomic E-state index is 12.7. The minimum Gasteiger partial charge on any atom is -0.493 e. The van der Waals surface area contributed by atoms with Gasteiger partial charge in [0.15, 0.2) is 11.5 Å². The number of aryl methyl sites for hydroxylation is 3. The number of anilines is 1. The molecular formula is C27H25BrN2O3. The molecule has 0 aliphatic carbocycles. The van der Waals surface area contributed by atoms with Gasteiger partial charge < -0.3 is 14.8 Å². The number of nitrogens with zero attached hydrogens (tertiary/aromatic N) is 1. The fourth-order valence-corrected chi connectivity index (χ4v) is 3.54. The molecule has 0 saturated heterocycles. The van der Waals surface area contributed by atoms with Crippen LogP contribution in [0.2, 0.25) is 0 Å². The average Bonchev–Trinajstić information content (AvgIpc) is 2.80. The van der Waals surface area contributed by atoms with E-state index in [-0.39, 0.29) is 5.57 Å². The molecule has 0 spiro atoms. The van der Waals surface area contributed by atoms with Gasteiger partial charge in [0.1, 0.15) is 18.2 Å². The molecule has 0 bridgehead atoms. The summed E-state index contributed by atoms with van der Waals surface area (Å²) in [7, 11) is 1.55. The summed E-state index contributed by atoms with van der Waals surface area (Å²) in [6, 6.07) is 19.2. The Hall–Kier alpha value is -3.56. The van der Waals surface area contributed by atoms with Gasteiger partial charge in [0.05, 0.1) is 7.11 Å². The van der Waals surface area contributed by atoms with Gasteiger partial charge in [-0.15, -0.1) is 0 Å². The van der Waals surface area contributed by atoms with Gasteiger partial charge in [-0.25, -0.2) is 0 Å². The average molecular weight is 505 g/mol. The van der Waals surface area contributed by atoms with E-state index in [0.717, 1.165) is 16.7 Å². The number of nitriles is 1. The molecule has 6 heteroatoms. The third-order valence-electron chi connectivity index (χ3n) is 5.23. The Bertz CT molecular complexity index is 1240. The number of benzene rings is 3. The van der Waals surface area contributed by atoms with E-state index in [1.807, 2.05) is 69.3 Å². The number of nitrogens with one attached hydrogen (secondary N) is 1. The third-order valence-corrected chi connectivity index (χ3v) is 5.91. The lowest BCUT2D eigenvalue weighted by Gasteiger charge is -2.13. The van der Waals surface area contributed by atoms with E-state index in [1.54, 1.807) is 19.2 Å². The van der Waals surface area contributed by atoms with Gasteiger partial charge in [-0.05, 0) is 73.4 Å². The number of rotatable bonds is 7. The van der Waals surface area contributed by atoms with E-state index in [2.05, 4.69) is 21.2 Å². The molecule has 0 radical (unpaired) electrons. The van der Waals surface area contributed by atoms with E-state index in [0.29, 0.717) is 33.8 Å². The van der Waals surface area contributed by atoms with Gasteiger partial charge >= 0.3 is 0 Å². The molecule has 0 atom stereocenters. The van der Waals surface area contributed by atoms with Crippen LogP contribution in [0.3, 0.4) is 0 Å². The lowest BCUT2D eigenvalue weighted by Crippen LogP contribution is -2.13. The van der Waals surface area contributed by atoms with E-state index in [9.17, 15) is 10.1 Å². The van der Waals surface area contributed by atoms with Crippen LogP contribution >= 0.6 is 15.9 Å². The van der Waals surface area contributed by atoms with Crippen LogP contribution in [0.5, 0.6) is 11.5 Å². The number of carbonyl (C=O) groups excluding carboxylic acids is 1. The van der Waals surface area contributed by atoms with Crippen LogP contribution in [0.25, 0.3) is 6.08 Å². The SMILES string of the molecule is COc1cc(/C=C(\C#N)C(=O)Nc2ccc(C)c(C)c2)c(Br)cc1OCc1ccc(C)cc1. The van der Waals surface area contributed by atoms with Gasteiger partial charge in [0.2, 0.25) is 0 Å². The first-order chi connectivity index (χ1) is 15.8. The number of hydrogen-bond acceptors (Lipinski definition) is 4. The fraction of sp³-hybridized carbons (Fsp3) is 0.185. The summed E-state index contributed by atoms with van der Waals surface area (Å²) in [6.07, 6.45) is 1.52. The lowest BCUT2D eigenvalue weighted by molar-refractivity contribution is -0.112. The number of carbonyl (C=O) groups is 1. The van der Waals surface area contributed by atoms with Crippen molar-refractivity contribution in [3.63, 3.8) is 0 Å². The molecule has 0 unspecified atom stereocenters. The molecule has 0 aromatic heterocycles. The molecule has 3 aromatic carbocycles. The molecule has 0 saturated carbocycles. The molecule has 168 valence electrons. The molecule has 0 heterocycles. The van der Waals surface area contributed by atoms with Crippen molar-refractivity contribution in [2.75, 3.05) is 12.4 Å². The molecule has 0 fully saturated rings. The van der Waals surface area contributed by atoms with Crippen LogP contribution in [0.1, 0.15) is 27.8 Å². The zero-order valence-corrected chi connectivity index (χ0v) is 20.6. The fourth-order valence-electron chi connectivity index (χ4n) is 3.10. The van der Waals surface area contributed by atoms with Crippen molar-refractivity contribution in [2.45, 2.75) is 27.4 Å². The van der Waals surface area contributed by atoms with Crippen molar-refractivity contribution in [1.82, 2.24) is 0 Å². The smallest absolute Gasteiger partial charge is 0.266 e. The largest absolute Gasteiger partial charge is 0.493 e. The monoisotopic (exact) mass is 504 g/mol. The number of ether oxygens (including phenoxy) is 2. The summed E-state index contributed by atoms with van der Waals surface area (Å²) in [4.78, 5) is 12.7. The highest BCUT2D eigenvalue weighted by Crippen LogP contribution is 2.35. The summed E-state index contributed by atoms with van der Waals surface area (Å²) < 4.78 is 12.1. The molecule has 0 aliphatic rings. The normalized spacial score (nSPS) is 11.0. The summed E-state index contributed by atoms with van der Waals surface area (Å²) in [6.45, 7) is 6.40. The van der Waals surface area contributed by atoms with Crippen LogP contribution in [0.15, 0.2) is 64.6 Å². The van der Waals surface area contributed by atoms with Crippen molar-refractivity contribution in [2.24, 2.45) is 0 Å². The van der Waals surface area contributed by atoms with Crippen LogP contribution in [0, 0.1) is 32.1 Å². The maximum atomic E-state index is 12.7. The Morgan fingerprint density at radius 2 is 1.76 bits per heavy atom. The van der Waals surface area contributed by atoms with Crippen LogP contribution in [-0.4, -0.2) is 13.0 Å². The quantitative estimate of drug-likeness (QED) is 0.294. The second-order valence-electron chi connectivity index (χ2n) is 7.72. The summed E-state index contributed by atoms with van der Waals surface area (Å²) >= 11 is 3.52. The highest BCUT2D eigenvalue weighted by molar-refractivity contribution is 9.10. The highest BCUT2D eigenvalue weighted by Gasteiger charge is 2.14. The van der Waals surface area contributed by atoms with Crippen LogP contribution in [0.4, 0.5) is 5.69 Å². The molecular weight excluding hydrogens is 480 g/mol. The van der Waals surface area contributed by atoms with Crippen LogP contribution < -0.4 is 14.8 Å². The van der Waals surface area contributed by atoms with Crippen molar-refractivity contribution < 1.29 is 14.3 Å². The van der Waals surface area contributed by atoms with Crippen molar-refractivity contribution >= 4 is 33.6 Å². The van der Waals surface area contributed by atoms with Crippen molar-refractivity contribution in [1.29, 1.82) is 5.26 Å². The molecule has 3 aromatic rings. The predicted octanol–water partition coefficient (Wildman–Crippen LogP) is 6.51. The number of methoxy groups -OCH3 is 1. The third kappa shape index (κ3) is 6.24. The Labute approximate surface area is 202 Å². The first-order valence-electron chi connectivity index (χ1n) is 10.4. The van der Waals surface area contributed by atoms with Gasteiger partial charge in [-0.3, -0.25) is 4.79 Å². The van der Waals surface area contributed by atoms with E-state index in [4.69, 9.17) is 9.47 Å². The number of hydrogen-bond donors (Lipinski definition) is 1. The molecule has 5 nitrogen and oxygen atoms in total. The second-order valence-corrected chi connectivity index (χ2v) is 8.58. The van der Waals surface area contributed by atoms with E-state index < -0.39 is 5.91 Å². The van der Waals surface area contributed by atoms with E-state index >= 15 is 0 Å². The zero-order valence-electron chi connectivity index (χ0n) is 19.0. The molecule has 33 heavy (non-hydrogen) atoms. The van der Waals surface area contributed by atoms with Crippen molar-refractivity contribution in [3.05, 3.63) is 92.5 Å². The first kappa shape index (κ1) is 24.1. The van der Waals surface area contributed by atoms with Gasteiger partial charge in [-0.2, -0.15) is 5.26 Å². The first-order valence-corrected chi connectivity index (χ1v) is 11.2. The Morgan fingerprint density at radius 1 is 1.03 bits per heavy atom. The summed E-state index contributed by atoms with van der Waals surface area (Å²) in [5.74, 6) is 0.579. The summed E-state index contributed by atoms with van der Waals surface area (Å²) in [5.41, 5.74) is 5.66. The van der Waals surface area contributed by atoms with Crippen molar-refractivity contribution in [3.8, 4) is 17.6 Å². The lowest BCUT2D eigenvalue weighted by atomic mass is 10.1. The van der Waals surface area contributed by atoms with Gasteiger partial charge in [0, 0.05) is 10.2 Å². The standard InChI is InChI=1S/C27H25BrN2O3/c1-17-5-8-20(9-6-17)16-33-26-14-24(28)21(13-25(26)32-4)12-22(15-29)27(31)30-23-10-7-18(2)19(3)11-23/h5-14H,16H2,1-4H3,(H,30,31)/b22-12+. The van der Waals surface area contributed by atoms with E-state index in [1.165, 1.54) is 11.6 Å². The Morgan fingerprint density at radius 3 is 2.39 bits per heavy atom. The Balaban J connectivity index is 1.81. The van der Waals surface area contributed by atoms with Gasteiger partial charge in [0.25, 0.3) is 5.91 Å². The zero-order chi connectivity index (χ0) is 24.0. The molecule has 1 N–H and O–H groups in total. The Kier molecular flexibility index (Phi) is 7.92. The summed E-state index contributed by atoms with van der Waals surface area (Å²) in [5, 5.41) is 12.4. The highest BCUT2D eigenvalue weighted by atomic mass is 79.9. The molecule has 1 amide bonds. The molecule has 0 aliphatic heterocycles.